The highest BCUT2D eigenvalue weighted by Crippen LogP contribution is 2.20. The van der Waals surface area contributed by atoms with E-state index in [1.807, 2.05) is 48.5 Å². The molecule has 0 spiro atoms. The maximum absolute atomic E-state index is 5.83. The lowest BCUT2D eigenvalue weighted by atomic mass is 10.1. The first-order valence-electron chi connectivity index (χ1n) is 8.21. The molecule has 2 aromatic rings. The molecule has 4 heteroatoms. The van der Waals surface area contributed by atoms with Crippen LogP contribution in [-0.2, 0) is 0 Å². The highest BCUT2D eigenvalue weighted by atomic mass is 16.5. The molecular formula is C19H26N2O2. The number of hydrogen-bond acceptors (Lipinski definition) is 4. The van der Waals surface area contributed by atoms with E-state index in [1.54, 1.807) is 0 Å². The van der Waals surface area contributed by atoms with Gasteiger partial charge in [0.05, 0.1) is 18.9 Å². The van der Waals surface area contributed by atoms with Crippen molar-refractivity contribution in [2.24, 2.45) is 0 Å². The fraction of sp³-hybridized carbons (Fsp3) is 0.368. The molecule has 0 heterocycles. The molecule has 0 fully saturated rings. The summed E-state index contributed by atoms with van der Waals surface area (Å²) in [4.78, 5) is 0. The zero-order valence-electron chi connectivity index (χ0n) is 13.5. The van der Waals surface area contributed by atoms with Crippen molar-refractivity contribution in [3.05, 3.63) is 48.5 Å². The zero-order valence-corrected chi connectivity index (χ0v) is 13.5. The molecule has 0 saturated heterocycles. The largest absolute Gasteiger partial charge is 0.494 e. The Morgan fingerprint density at radius 2 is 1.26 bits per heavy atom. The second-order valence-corrected chi connectivity index (χ2v) is 5.57. The molecule has 4 N–H and O–H groups in total. The van der Waals surface area contributed by atoms with Crippen molar-refractivity contribution in [2.75, 3.05) is 24.7 Å². The van der Waals surface area contributed by atoms with Crippen LogP contribution in [0.3, 0.4) is 0 Å². The Kier molecular flexibility index (Phi) is 7.11. The number of anilines is 2. The summed E-state index contributed by atoms with van der Waals surface area (Å²) in [5.41, 5.74) is 12.9. The van der Waals surface area contributed by atoms with E-state index in [4.69, 9.17) is 20.9 Å². The van der Waals surface area contributed by atoms with Gasteiger partial charge in [-0.2, -0.15) is 0 Å². The number of hydrogen-bond donors (Lipinski definition) is 2. The fourth-order valence-electron chi connectivity index (χ4n) is 2.28. The molecule has 0 aliphatic rings. The van der Waals surface area contributed by atoms with Crippen LogP contribution in [0, 0.1) is 0 Å². The Bertz CT molecular complexity index is 570. The van der Waals surface area contributed by atoms with Gasteiger partial charge >= 0.3 is 0 Å². The van der Waals surface area contributed by atoms with Crippen LogP contribution in [0.2, 0.25) is 0 Å². The Morgan fingerprint density at radius 3 is 1.96 bits per heavy atom. The standard InChI is InChI=1S/C19H26N2O2/c20-16-10-12-17(13-11-16)22-14-6-2-1-3-7-15-23-19-9-5-4-8-18(19)21/h4-5,8-13H,1-3,6-7,14-15,20-21H2. The van der Waals surface area contributed by atoms with Gasteiger partial charge in [-0.1, -0.05) is 31.4 Å². The number of ether oxygens (including phenoxy) is 2. The van der Waals surface area contributed by atoms with Crippen LogP contribution < -0.4 is 20.9 Å². The summed E-state index contributed by atoms with van der Waals surface area (Å²) >= 11 is 0. The summed E-state index contributed by atoms with van der Waals surface area (Å²) in [6, 6.07) is 15.1. The van der Waals surface area contributed by atoms with E-state index in [2.05, 4.69) is 0 Å². The van der Waals surface area contributed by atoms with Crippen LogP contribution >= 0.6 is 0 Å². The normalized spacial score (nSPS) is 10.4. The molecule has 0 aliphatic carbocycles. The van der Waals surface area contributed by atoms with E-state index in [1.165, 1.54) is 12.8 Å². The van der Waals surface area contributed by atoms with Gasteiger partial charge in [0.2, 0.25) is 0 Å². The van der Waals surface area contributed by atoms with Crippen LogP contribution in [0.25, 0.3) is 0 Å². The van der Waals surface area contributed by atoms with E-state index >= 15 is 0 Å². The topological polar surface area (TPSA) is 70.5 Å². The Morgan fingerprint density at radius 1 is 0.652 bits per heavy atom. The lowest BCUT2D eigenvalue weighted by Crippen LogP contribution is -2.00. The predicted octanol–water partition coefficient (Wildman–Crippen LogP) is 4.26. The SMILES string of the molecule is Nc1ccc(OCCCCCCCOc2ccccc2N)cc1. The summed E-state index contributed by atoms with van der Waals surface area (Å²) in [7, 11) is 0. The minimum atomic E-state index is 0.701. The van der Waals surface area contributed by atoms with Crippen LogP contribution in [-0.4, -0.2) is 13.2 Å². The molecule has 2 aromatic carbocycles. The van der Waals surface area contributed by atoms with Crippen LogP contribution in [0.1, 0.15) is 32.1 Å². The lowest BCUT2D eigenvalue weighted by molar-refractivity contribution is 0.294. The van der Waals surface area contributed by atoms with Gasteiger partial charge in [-0.15, -0.1) is 0 Å². The molecule has 0 bridgehead atoms. The summed E-state index contributed by atoms with van der Waals surface area (Å²) in [5.74, 6) is 1.66. The highest BCUT2D eigenvalue weighted by molar-refractivity contribution is 5.51. The van der Waals surface area contributed by atoms with E-state index < -0.39 is 0 Å². The minimum Gasteiger partial charge on any atom is -0.494 e. The van der Waals surface area contributed by atoms with Gasteiger partial charge in [-0.3, -0.25) is 0 Å². The minimum absolute atomic E-state index is 0.701. The molecular weight excluding hydrogens is 288 g/mol. The molecule has 0 aliphatic heterocycles. The maximum atomic E-state index is 5.83. The fourth-order valence-corrected chi connectivity index (χ4v) is 2.28. The van der Waals surface area contributed by atoms with Crippen LogP contribution in [0.15, 0.2) is 48.5 Å². The van der Waals surface area contributed by atoms with Crippen LogP contribution in [0.4, 0.5) is 11.4 Å². The first-order chi connectivity index (χ1) is 11.3. The Balaban J connectivity index is 1.45. The molecule has 23 heavy (non-hydrogen) atoms. The van der Waals surface area contributed by atoms with Crippen molar-refractivity contribution < 1.29 is 9.47 Å². The summed E-state index contributed by atoms with van der Waals surface area (Å²) < 4.78 is 11.3. The molecule has 0 amide bonds. The summed E-state index contributed by atoms with van der Waals surface area (Å²) in [6.07, 6.45) is 5.64. The molecule has 2 rings (SSSR count). The predicted molar refractivity (Wildman–Crippen MR) is 95.8 cm³/mol. The summed E-state index contributed by atoms with van der Waals surface area (Å²) in [5, 5.41) is 0. The number of nitrogens with two attached hydrogens (primary N) is 2. The lowest BCUT2D eigenvalue weighted by Gasteiger charge is -2.08. The van der Waals surface area contributed by atoms with E-state index in [0.29, 0.717) is 5.69 Å². The molecule has 0 atom stereocenters. The van der Waals surface area contributed by atoms with Crippen molar-refractivity contribution in [1.82, 2.24) is 0 Å². The second-order valence-electron chi connectivity index (χ2n) is 5.57. The van der Waals surface area contributed by atoms with Gasteiger partial charge < -0.3 is 20.9 Å². The van der Waals surface area contributed by atoms with Gasteiger partial charge in [0.15, 0.2) is 0 Å². The van der Waals surface area contributed by atoms with Crippen molar-refractivity contribution >= 4 is 11.4 Å². The molecule has 4 nitrogen and oxygen atoms in total. The molecule has 0 unspecified atom stereocenters. The maximum Gasteiger partial charge on any atom is 0.142 e. The average Bonchev–Trinajstić information content (AvgIpc) is 2.56. The third-order valence-corrected chi connectivity index (χ3v) is 3.61. The Hall–Kier alpha value is -2.36. The van der Waals surface area contributed by atoms with Gasteiger partial charge in [0.25, 0.3) is 0 Å². The monoisotopic (exact) mass is 314 g/mol. The van der Waals surface area contributed by atoms with Gasteiger partial charge in [0.1, 0.15) is 11.5 Å². The van der Waals surface area contributed by atoms with Gasteiger partial charge in [-0.25, -0.2) is 0 Å². The first-order valence-corrected chi connectivity index (χ1v) is 8.21. The van der Waals surface area contributed by atoms with Crippen LogP contribution in [0.5, 0.6) is 11.5 Å². The third-order valence-electron chi connectivity index (χ3n) is 3.61. The zero-order chi connectivity index (χ0) is 16.3. The first kappa shape index (κ1) is 17.0. The van der Waals surface area contributed by atoms with Gasteiger partial charge in [0, 0.05) is 5.69 Å². The third kappa shape index (κ3) is 6.51. The number of unbranched alkanes of at least 4 members (excludes halogenated alkanes) is 4. The van der Waals surface area contributed by atoms with Gasteiger partial charge in [-0.05, 0) is 49.2 Å². The molecule has 0 aromatic heterocycles. The van der Waals surface area contributed by atoms with E-state index in [9.17, 15) is 0 Å². The average molecular weight is 314 g/mol. The number of nitrogen functional groups attached to an aromatic ring is 2. The number of para-hydroxylation sites is 2. The Labute approximate surface area is 138 Å². The van der Waals surface area contributed by atoms with Crippen molar-refractivity contribution in [2.45, 2.75) is 32.1 Å². The highest BCUT2D eigenvalue weighted by Gasteiger charge is 1.98. The van der Waals surface area contributed by atoms with Crippen molar-refractivity contribution in [1.29, 1.82) is 0 Å². The number of benzene rings is 2. The van der Waals surface area contributed by atoms with E-state index in [0.717, 1.165) is 49.7 Å². The molecule has 0 saturated carbocycles. The molecule has 124 valence electrons. The van der Waals surface area contributed by atoms with E-state index in [-0.39, 0.29) is 0 Å². The van der Waals surface area contributed by atoms with Crippen molar-refractivity contribution in [3.63, 3.8) is 0 Å². The summed E-state index contributed by atoms with van der Waals surface area (Å²) in [6.45, 7) is 1.47. The number of rotatable bonds is 10. The quantitative estimate of drug-likeness (QED) is 0.508. The smallest absolute Gasteiger partial charge is 0.142 e. The van der Waals surface area contributed by atoms with Crippen molar-refractivity contribution in [3.8, 4) is 11.5 Å². The molecule has 0 radical (unpaired) electrons. The second kappa shape index (κ2) is 9.62.